The number of hydrogen-bond acceptors (Lipinski definition) is 6. The second-order valence-electron chi connectivity index (χ2n) is 14.8. The van der Waals surface area contributed by atoms with E-state index in [1.54, 1.807) is 12.1 Å². The van der Waals surface area contributed by atoms with E-state index >= 15 is 0 Å². The molecule has 12 heteroatoms. The molecule has 0 bridgehead atoms. The third-order valence-corrected chi connectivity index (χ3v) is 11.4. The summed E-state index contributed by atoms with van der Waals surface area (Å²) in [4.78, 5) is 0. The third-order valence-electron chi connectivity index (χ3n) is 11.4. The molecule has 0 saturated heterocycles. The van der Waals surface area contributed by atoms with Gasteiger partial charge in [0.1, 0.15) is 42.9 Å². The molecule has 2 aromatic heterocycles. The minimum Gasteiger partial charge on any atom is -0.509 e. The molecular formula is C48H28B4N2O6. The van der Waals surface area contributed by atoms with Gasteiger partial charge in [-0.2, -0.15) is 0 Å². The minimum absolute atomic E-state index is 0.156. The normalized spacial score (nSPS) is 11.7. The predicted octanol–water partition coefficient (Wildman–Crippen LogP) is 6.29. The summed E-state index contributed by atoms with van der Waals surface area (Å²) in [5.74, 6) is -4.29. The maximum Gasteiger partial charge on any atom is 0.164 e. The van der Waals surface area contributed by atoms with Crippen LogP contribution < -0.4 is 21.9 Å². The van der Waals surface area contributed by atoms with Crippen molar-refractivity contribution in [1.82, 2.24) is 9.13 Å². The number of rotatable bonds is 5. The van der Waals surface area contributed by atoms with Gasteiger partial charge in [0.05, 0.1) is 22.1 Å². The summed E-state index contributed by atoms with van der Waals surface area (Å²) in [5.41, 5.74) is 5.57. The summed E-state index contributed by atoms with van der Waals surface area (Å²) in [6, 6.07) is 43.9. The van der Waals surface area contributed by atoms with Crippen LogP contribution in [0.15, 0.2) is 133 Å². The Balaban J connectivity index is 1.22. The van der Waals surface area contributed by atoms with E-state index in [2.05, 4.69) is 53.1 Å². The fraction of sp³-hybridized carbons (Fsp3) is 0. The molecule has 0 atom stereocenters. The SMILES string of the molecule is [B]c1c(O)c([B])c(-c2cc(-c3c([B])c(O)c([B])c(O)c3O)cc(-n3c4ccccc4c4cc(-c5ccc6c(c5)c5ccccc5n6-c5ccccc5)ccc43)c2)c(O)c1O. The smallest absolute Gasteiger partial charge is 0.164 e. The van der Waals surface area contributed by atoms with Gasteiger partial charge < -0.3 is 39.8 Å². The Morgan fingerprint density at radius 2 is 0.700 bits per heavy atom. The largest absolute Gasteiger partial charge is 0.509 e. The first kappa shape index (κ1) is 36.7. The number of phenols is 6. The van der Waals surface area contributed by atoms with Crippen molar-refractivity contribution >= 4 is 96.8 Å². The Morgan fingerprint density at radius 1 is 0.300 bits per heavy atom. The molecule has 0 amide bonds. The molecule has 6 N–H and O–H groups in total. The Kier molecular flexibility index (Phi) is 8.26. The van der Waals surface area contributed by atoms with E-state index in [0.29, 0.717) is 5.69 Å². The molecule has 10 rings (SSSR count). The average molecular weight is 772 g/mol. The van der Waals surface area contributed by atoms with Crippen molar-refractivity contribution in [3.05, 3.63) is 133 Å². The van der Waals surface area contributed by atoms with Gasteiger partial charge in [0, 0.05) is 44.0 Å². The fourth-order valence-electron chi connectivity index (χ4n) is 8.55. The predicted molar refractivity (Wildman–Crippen MR) is 243 cm³/mol. The minimum atomic E-state index is -0.791. The lowest BCUT2D eigenvalue weighted by Gasteiger charge is -2.20. The van der Waals surface area contributed by atoms with Crippen LogP contribution >= 0.6 is 0 Å². The van der Waals surface area contributed by atoms with Gasteiger partial charge in [-0.25, -0.2) is 0 Å². The highest BCUT2D eigenvalue weighted by atomic mass is 16.3. The van der Waals surface area contributed by atoms with Crippen LogP contribution in [0.5, 0.6) is 34.5 Å². The molecule has 0 saturated carbocycles. The van der Waals surface area contributed by atoms with Crippen LogP contribution in [0.2, 0.25) is 0 Å². The summed E-state index contributed by atoms with van der Waals surface area (Å²) >= 11 is 0. The van der Waals surface area contributed by atoms with E-state index in [9.17, 15) is 30.6 Å². The summed E-state index contributed by atoms with van der Waals surface area (Å²) in [6.45, 7) is 0. The molecule has 60 heavy (non-hydrogen) atoms. The van der Waals surface area contributed by atoms with E-state index < -0.39 is 45.4 Å². The number of aromatic hydroxyl groups is 6. The van der Waals surface area contributed by atoms with Crippen molar-refractivity contribution in [3.8, 4) is 79.3 Å². The fourth-order valence-corrected chi connectivity index (χ4v) is 8.55. The first-order valence-electron chi connectivity index (χ1n) is 18.9. The zero-order valence-electron chi connectivity index (χ0n) is 31.6. The standard InChI is InChI=1S/C48H28B4N2O6/c49-39-37(43(55)47(59)41(51)45(39)57)25-18-26(38-40(50)46(58)42(52)48(60)44(38)56)20-28(19-25)54-34-13-7-5-11-30(34)32-22-24(15-17-36(32)54)23-14-16-35-31(21-23)29-10-4-6-12-33(29)53(35)27-8-2-1-3-9-27/h1-22,55-60H. The summed E-state index contributed by atoms with van der Waals surface area (Å²) in [7, 11) is 24.4. The zero-order valence-corrected chi connectivity index (χ0v) is 31.6. The first-order valence-corrected chi connectivity index (χ1v) is 18.9. The monoisotopic (exact) mass is 772 g/mol. The van der Waals surface area contributed by atoms with Crippen LogP contribution in [0.3, 0.4) is 0 Å². The molecule has 10 aromatic rings. The maximum atomic E-state index is 11.2. The topological polar surface area (TPSA) is 131 Å². The number of hydrogen-bond donors (Lipinski definition) is 6. The summed E-state index contributed by atoms with van der Waals surface area (Å²) in [6.07, 6.45) is 0. The molecule has 0 fully saturated rings. The van der Waals surface area contributed by atoms with Crippen LogP contribution in [0.4, 0.5) is 0 Å². The lowest BCUT2D eigenvalue weighted by molar-refractivity contribution is 0.403. The molecule has 8 nitrogen and oxygen atoms in total. The van der Waals surface area contributed by atoms with Crippen LogP contribution in [-0.2, 0) is 0 Å². The molecule has 278 valence electrons. The summed E-state index contributed by atoms with van der Waals surface area (Å²) < 4.78 is 4.24. The quantitative estimate of drug-likeness (QED) is 0.0694. The van der Waals surface area contributed by atoms with Gasteiger partial charge in [0.15, 0.2) is 23.0 Å². The van der Waals surface area contributed by atoms with Gasteiger partial charge in [0.25, 0.3) is 0 Å². The van der Waals surface area contributed by atoms with Gasteiger partial charge in [-0.05, 0) is 111 Å². The number of nitrogens with zero attached hydrogens (tertiary/aromatic N) is 2. The highest BCUT2D eigenvalue weighted by Gasteiger charge is 2.25. The van der Waals surface area contributed by atoms with Crippen molar-refractivity contribution < 1.29 is 30.6 Å². The number of benzene rings is 8. The van der Waals surface area contributed by atoms with Crippen molar-refractivity contribution in [2.24, 2.45) is 0 Å². The number of para-hydroxylation sites is 3. The summed E-state index contributed by atoms with van der Waals surface area (Å²) in [5, 5.41) is 69.5. The first-order chi connectivity index (χ1) is 28.9. The number of fused-ring (bicyclic) bond motifs is 6. The van der Waals surface area contributed by atoms with Gasteiger partial charge in [0.2, 0.25) is 0 Å². The van der Waals surface area contributed by atoms with Crippen LogP contribution in [-0.4, -0.2) is 71.2 Å². The lowest BCUT2D eigenvalue weighted by atomic mass is 9.77. The highest BCUT2D eigenvalue weighted by molar-refractivity contribution is 6.46. The molecule has 8 aromatic carbocycles. The average Bonchev–Trinajstić information content (AvgIpc) is 3.79. The van der Waals surface area contributed by atoms with Gasteiger partial charge in [-0.15, -0.1) is 0 Å². The molecule has 0 aliphatic rings. The van der Waals surface area contributed by atoms with E-state index in [1.165, 1.54) is 6.07 Å². The highest BCUT2D eigenvalue weighted by Crippen LogP contribution is 2.44. The molecule has 0 aliphatic carbocycles. The van der Waals surface area contributed by atoms with E-state index in [4.69, 9.17) is 31.4 Å². The Bertz CT molecular complexity index is 3310. The van der Waals surface area contributed by atoms with E-state index in [0.717, 1.165) is 60.4 Å². The molecule has 0 aliphatic heterocycles. The van der Waals surface area contributed by atoms with Crippen LogP contribution in [0.25, 0.3) is 88.4 Å². The second kappa shape index (κ2) is 13.5. The molecular weight excluding hydrogens is 744 g/mol. The van der Waals surface area contributed by atoms with Crippen LogP contribution in [0.1, 0.15) is 0 Å². The van der Waals surface area contributed by atoms with Crippen molar-refractivity contribution in [3.63, 3.8) is 0 Å². The van der Waals surface area contributed by atoms with Gasteiger partial charge >= 0.3 is 0 Å². The molecule has 8 radical (unpaired) electrons. The zero-order chi connectivity index (χ0) is 41.7. The maximum absolute atomic E-state index is 11.2. The van der Waals surface area contributed by atoms with Gasteiger partial charge in [-0.3, -0.25) is 0 Å². The van der Waals surface area contributed by atoms with Crippen molar-refractivity contribution in [1.29, 1.82) is 0 Å². The Labute approximate surface area is 348 Å². The Hall–Kier alpha value is -7.58. The molecule has 0 unspecified atom stereocenters. The van der Waals surface area contributed by atoms with Crippen molar-refractivity contribution in [2.75, 3.05) is 0 Å². The number of aromatic nitrogens is 2. The van der Waals surface area contributed by atoms with Gasteiger partial charge in [-0.1, -0.05) is 66.7 Å². The lowest BCUT2D eigenvalue weighted by Crippen LogP contribution is -2.19. The third kappa shape index (κ3) is 5.30. The molecule has 0 spiro atoms. The number of phenolic OH excluding ortho intramolecular Hbond substituents is 6. The second-order valence-corrected chi connectivity index (χ2v) is 14.8. The molecule has 2 heterocycles. The van der Waals surface area contributed by atoms with E-state index in [1.807, 2.05) is 71.3 Å². The Morgan fingerprint density at radius 3 is 1.17 bits per heavy atom. The van der Waals surface area contributed by atoms with Crippen LogP contribution in [0, 0.1) is 0 Å². The van der Waals surface area contributed by atoms with Crippen molar-refractivity contribution in [2.45, 2.75) is 0 Å². The van der Waals surface area contributed by atoms with E-state index in [-0.39, 0.29) is 33.2 Å².